The lowest BCUT2D eigenvalue weighted by Gasteiger charge is -2.35. The number of aromatic nitrogens is 1. The fraction of sp³-hybridized carbons (Fsp3) is 0.765. The summed E-state index contributed by atoms with van der Waals surface area (Å²) < 4.78 is 0. The summed E-state index contributed by atoms with van der Waals surface area (Å²) in [4.78, 5) is 19.5. The lowest BCUT2D eigenvalue weighted by Crippen LogP contribution is -2.39. The summed E-state index contributed by atoms with van der Waals surface area (Å²) in [6, 6.07) is 0.255. The van der Waals surface area contributed by atoms with Crippen LogP contribution in [-0.4, -0.2) is 22.3 Å². The van der Waals surface area contributed by atoms with Crippen LogP contribution in [0.25, 0.3) is 0 Å². The highest BCUT2D eigenvalue weighted by atomic mass is 32.1. The minimum Gasteiger partial charge on any atom is -0.333 e. The number of thiazole rings is 1. The van der Waals surface area contributed by atoms with E-state index in [9.17, 15) is 4.79 Å². The molecular formula is C17H24N2OS. The van der Waals surface area contributed by atoms with Gasteiger partial charge in [-0.3, -0.25) is 4.79 Å². The predicted octanol–water partition coefficient (Wildman–Crippen LogP) is 4.02. The summed E-state index contributed by atoms with van der Waals surface area (Å²) in [7, 11) is 0. The molecule has 1 aromatic heterocycles. The summed E-state index contributed by atoms with van der Waals surface area (Å²) in [5.74, 6) is 2.82. The molecule has 1 amide bonds. The largest absolute Gasteiger partial charge is 0.333 e. The molecule has 21 heavy (non-hydrogen) atoms. The number of carbonyl (C=O) groups excluding carboxylic acids is 1. The summed E-state index contributed by atoms with van der Waals surface area (Å²) in [5.41, 5.74) is 0. The van der Waals surface area contributed by atoms with E-state index in [2.05, 4.69) is 9.88 Å². The van der Waals surface area contributed by atoms with Gasteiger partial charge in [0, 0.05) is 24.5 Å². The maximum atomic E-state index is 12.9. The Kier molecular flexibility index (Phi) is 3.74. The van der Waals surface area contributed by atoms with E-state index in [1.54, 1.807) is 11.3 Å². The standard InChI is InChI=1S/C17H24N2OS/c20-16(11-14(12-4-5-12)13-6-7-13)19-9-2-1-3-15(19)17-18-8-10-21-17/h8,10,12-15H,1-7,9,11H2. The van der Waals surface area contributed by atoms with Crippen molar-refractivity contribution in [2.45, 2.75) is 57.4 Å². The van der Waals surface area contributed by atoms with Gasteiger partial charge in [0.2, 0.25) is 5.91 Å². The molecule has 0 bridgehead atoms. The highest BCUT2D eigenvalue weighted by Crippen LogP contribution is 2.51. The highest BCUT2D eigenvalue weighted by Gasteiger charge is 2.43. The summed E-state index contributed by atoms with van der Waals surface area (Å²) >= 11 is 1.70. The topological polar surface area (TPSA) is 33.2 Å². The second kappa shape index (κ2) is 5.71. The van der Waals surface area contributed by atoms with Crippen LogP contribution in [0.3, 0.4) is 0 Å². The minimum absolute atomic E-state index is 0.255. The van der Waals surface area contributed by atoms with Crippen LogP contribution in [0, 0.1) is 17.8 Å². The van der Waals surface area contributed by atoms with E-state index in [-0.39, 0.29) is 6.04 Å². The number of carbonyl (C=O) groups is 1. The first-order valence-electron chi connectivity index (χ1n) is 8.52. The molecule has 0 radical (unpaired) electrons. The number of nitrogens with zero attached hydrogens (tertiary/aromatic N) is 2. The number of hydrogen-bond donors (Lipinski definition) is 0. The molecule has 1 unspecified atom stereocenters. The fourth-order valence-corrected chi connectivity index (χ4v) is 4.76. The van der Waals surface area contributed by atoms with Crippen LogP contribution in [0.4, 0.5) is 0 Å². The van der Waals surface area contributed by atoms with E-state index in [1.165, 1.54) is 32.1 Å². The Labute approximate surface area is 130 Å². The third-order valence-electron chi connectivity index (χ3n) is 5.42. The quantitative estimate of drug-likeness (QED) is 0.823. The number of rotatable bonds is 5. The van der Waals surface area contributed by atoms with Crippen molar-refractivity contribution in [1.82, 2.24) is 9.88 Å². The number of likely N-dealkylation sites (tertiary alicyclic amines) is 1. The molecule has 1 aliphatic heterocycles. The van der Waals surface area contributed by atoms with Crippen LogP contribution >= 0.6 is 11.3 Å². The average Bonchev–Trinajstić information content (AvgIpc) is 3.44. The molecule has 0 spiro atoms. The van der Waals surface area contributed by atoms with Gasteiger partial charge in [-0.1, -0.05) is 0 Å². The molecule has 0 N–H and O–H groups in total. The van der Waals surface area contributed by atoms with Crippen LogP contribution < -0.4 is 0 Å². The second-order valence-electron chi connectivity index (χ2n) is 7.01. The van der Waals surface area contributed by atoms with Crippen LogP contribution in [-0.2, 0) is 4.79 Å². The van der Waals surface area contributed by atoms with Gasteiger partial charge in [-0.15, -0.1) is 11.3 Å². The maximum absolute atomic E-state index is 12.9. The Balaban J connectivity index is 1.46. The monoisotopic (exact) mass is 304 g/mol. The van der Waals surface area contributed by atoms with Gasteiger partial charge in [-0.25, -0.2) is 4.98 Å². The fourth-order valence-electron chi connectivity index (χ4n) is 3.97. The molecule has 3 aliphatic rings. The Morgan fingerprint density at radius 2 is 2.00 bits per heavy atom. The number of amides is 1. The van der Waals surface area contributed by atoms with E-state index in [0.717, 1.165) is 42.7 Å². The third kappa shape index (κ3) is 3.01. The van der Waals surface area contributed by atoms with E-state index in [0.29, 0.717) is 11.8 Å². The van der Waals surface area contributed by atoms with Crippen LogP contribution in [0.5, 0.6) is 0 Å². The van der Waals surface area contributed by atoms with Crippen LogP contribution in [0.15, 0.2) is 11.6 Å². The zero-order valence-electron chi connectivity index (χ0n) is 12.5. The van der Waals surface area contributed by atoms with Gasteiger partial charge in [-0.2, -0.15) is 0 Å². The molecule has 3 nitrogen and oxygen atoms in total. The molecule has 4 heteroatoms. The van der Waals surface area contributed by atoms with Gasteiger partial charge in [0.05, 0.1) is 6.04 Å². The van der Waals surface area contributed by atoms with Gasteiger partial charge < -0.3 is 4.90 Å². The minimum atomic E-state index is 0.255. The molecule has 1 aromatic rings. The molecule has 1 atom stereocenters. The van der Waals surface area contributed by atoms with Crippen molar-refractivity contribution in [2.24, 2.45) is 17.8 Å². The predicted molar refractivity (Wildman–Crippen MR) is 84.0 cm³/mol. The van der Waals surface area contributed by atoms with Crippen molar-refractivity contribution in [3.05, 3.63) is 16.6 Å². The van der Waals surface area contributed by atoms with Gasteiger partial charge in [0.25, 0.3) is 0 Å². The molecule has 2 heterocycles. The van der Waals surface area contributed by atoms with Crippen molar-refractivity contribution in [3.8, 4) is 0 Å². The van der Waals surface area contributed by atoms with Crippen molar-refractivity contribution in [3.63, 3.8) is 0 Å². The molecule has 2 saturated carbocycles. The Morgan fingerprint density at radius 1 is 1.24 bits per heavy atom. The van der Waals surface area contributed by atoms with E-state index < -0.39 is 0 Å². The summed E-state index contributed by atoms with van der Waals surface area (Å²) in [6.07, 6.45) is 11.6. The Morgan fingerprint density at radius 3 is 2.62 bits per heavy atom. The zero-order valence-corrected chi connectivity index (χ0v) is 13.4. The molecular weight excluding hydrogens is 280 g/mol. The van der Waals surface area contributed by atoms with E-state index in [4.69, 9.17) is 0 Å². The average molecular weight is 304 g/mol. The van der Waals surface area contributed by atoms with E-state index >= 15 is 0 Å². The van der Waals surface area contributed by atoms with Crippen molar-refractivity contribution in [2.75, 3.05) is 6.54 Å². The Bertz CT molecular complexity index is 481. The number of piperidine rings is 1. The van der Waals surface area contributed by atoms with Gasteiger partial charge >= 0.3 is 0 Å². The zero-order chi connectivity index (χ0) is 14.2. The van der Waals surface area contributed by atoms with Gasteiger partial charge in [0.15, 0.2) is 0 Å². The SMILES string of the molecule is O=C(CC(C1CC1)C1CC1)N1CCCCC1c1nccs1. The van der Waals surface area contributed by atoms with Crippen molar-refractivity contribution < 1.29 is 4.79 Å². The lowest BCUT2D eigenvalue weighted by molar-refractivity contribution is -0.136. The normalized spacial score (nSPS) is 26.3. The van der Waals surface area contributed by atoms with Gasteiger partial charge in [-0.05, 0) is 62.7 Å². The van der Waals surface area contributed by atoms with Gasteiger partial charge in [0.1, 0.15) is 5.01 Å². The third-order valence-corrected chi connectivity index (χ3v) is 6.30. The molecule has 3 fully saturated rings. The van der Waals surface area contributed by atoms with Crippen LogP contribution in [0.2, 0.25) is 0 Å². The lowest BCUT2D eigenvalue weighted by atomic mass is 9.92. The highest BCUT2D eigenvalue weighted by molar-refractivity contribution is 7.09. The summed E-state index contributed by atoms with van der Waals surface area (Å²) in [5, 5.41) is 3.17. The van der Waals surface area contributed by atoms with E-state index in [1.807, 2.05) is 11.6 Å². The maximum Gasteiger partial charge on any atom is 0.223 e. The molecule has 0 aromatic carbocycles. The first-order valence-corrected chi connectivity index (χ1v) is 9.40. The molecule has 114 valence electrons. The molecule has 1 saturated heterocycles. The number of hydrogen-bond acceptors (Lipinski definition) is 3. The molecule has 4 rings (SSSR count). The first-order chi connectivity index (χ1) is 10.3. The van der Waals surface area contributed by atoms with Crippen LogP contribution in [0.1, 0.15) is 62.4 Å². The Hall–Kier alpha value is -0.900. The first kappa shape index (κ1) is 13.7. The molecule has 2 aliphatic carbocycles. The van der Waals surface area contributed by atoms with Crippen molar-refractivity contribution >= 4 is 17.2 Å². The second-order valence-corrected chi connectivity index (χ2v) is 7.94. The smallest absolute Gasteiger partial charge is 0.223 e. The van der Waals surface area contributed by atoms with Crippen molar-refractivity contribution in [1.29, 1.82) is 0 Å². The summed E-state index contributed by atoms with van der Waals surface area (Å²) in [6.45, 7) is 0.936.